The fourth-order valence-electron chi connectivity index (χ4n) is 2.46. The monoisotopic (exact) mass is 316 g/mol. The van der Waals surface area contributed by atoms with Crippen LogP contribution < -0.4 is 5.46 Å². The van der Waals surface area contributed by atoms with Crippen LogP contribution in [0.15, 0.2) is 17.1 Å². The smallest absolute Gasteiger partial charge is 0.399 e. The van der Waals surface area contributed by atoms with Gasteiger partial charge in [0.25, 0.3) is 0 Å². The van der Waals surface area contributed by atoms with Crippen molar-refractivity contribution in [1.29, 1.82) is 0 Å². The van der Waals surface area contributed by atoms with E-state index in [1.807, 2.05) is 13.4 Å². The van der Waals surface area contributed by atoms with Gasteiger partial charge < -0.3 is 14.2 Å². The molecule has 0 N–H and O–H groups in total. The second-order valence-electron chi connectivity index (χ2n) is 7.40. The van der Waals surface area contributed by atoms with Crippen molar-refractivity contribution in [1.82, 2.24) is 4.90 Å². The zero-order chi connectivity index (χ0) is 17.4. The number of rotatable bonds is 4. The average Bonchev–Trinajstić information content (AvgIpc) is 2.67. The highest BCUT2D eigenvalue weighted by Crippen LogP contribution is 2.37. The minimum atomic E-state index is -0.349. The molecule has 126 valence electrons. The van der Waals surface area contributed by atoms with Crippen LogP contribution in [0.3, 0.4) is 0 Å². The predicted molar refractivity (Wildman–Crippen MR) is 98.1 cm³/mol. The quantitative estimate of drug-likeness (QED) is 0.486. The summed E-state index contributed by atoms with van der Waals surface area (Å²) in [6, 6.07) is 4.24. The van der Waals surface area contributed by atoms with Gasteiger partial charge in [-0.2, -0.15) is 0 Å². The highest BCUT2D eigenvalue weighted by atomic mass is 16.7. The maximum Gasteiger partial charge on any atom is 0.495 e. The molecule has 0 aromatic heterocycles. The zero-order valence-corrected chi connectivity index (χ0v) is 15.7. The Morgan fingerprint density at radius 3 is 2.22 bits per heavy atom. The first-order valence-corrected chi connectivity index (χ1v) is 8.28. The number of aliphatic imine (C=N–C) groups is 1. The lowest BCUT2D eigenvalue weighted by atomic mass is 9.75. The van der Waals surface area contributed by atoms with E-state index in [-0.39, 0.29) is 18.3 Å². The van der Waals surface area contributed by atoms with Crippen molar-refractivity contribution in [3.8, 4) is 0 Å². The Labute approximate surface area is 141 Å². The molecular weight excluding hydrogens is 287 g/mol. The summed E-state index contributed by atoms with van der Waals surface area (Å²) in [5, 5.41) is 0. The molecule has 23 heavy (non-hydrogen) atoms. The van der Waals surface area contributed by atoms with Crippen LogP contribution in [0, 0.1) is 13.8 Å². The summed E-state index contributed by atoms with van der Waals surface area (Å²) in [5.41, 5.74) is 3.63. The first kappa shape index (κ1) is 18.0. The third-order valence-electron chi connectivity index (χ3n) is 4.96. The van der Waals surface area contributed by atoms with Crippen LogP contribution >= 0.6 is 0 Å². The molecule has 0 atom stereocenters. The lowest BCUT2D eigenvalue weighted by Gasteiger charge is -2.32. The highest BCUT2D eigenvalue weighted by molar-refractivity contribution is 6.62. The van der Waals surface area contributed by atoms with Crippen LogP contribution in [0.5, 0.6) is 0 Å². The summed E-state index contributed by atoms with van der Waals surface area (Å²) >= 11 is 0. The van der Waals surface area contributed by atoms with Crippen molar-refractivity contribution in [2.24, 2.45) is 4.99 Å². The van der Waals surface area contributed by atoms with Gasteiger partial charge in [0.15, 0.2) is 0 Å². The Morgan fingerprint density at radius 2 is 1.70 bits per heavy atom. The van der Waals surface area contributed by atoms with E-state index in [9.17, 15) is 0 Å². The van der Waals surface area contributed by atoms with E-state index in [1.54, 1.807) is 0 Å². The van der Waals surface area contributed by atoms with Crippen LogP contribution in [0.4, 0.5) is 5.69 Å². The molecule has 5 heteroatoms. The second-order valence-corrected chi connectivity index (χ2v) is 7.40. The maximum atomic E-state index is 6.20. The highest BCUT2D eigenvalue weighted by Gasteiger charge is 2.52. The number of hydrogen-bond donors (Lipinski definition) is 0. The molecule has 0 bridgehead atoms. The molecule has 2 rings (SSSR count). The minimum Gasteiger partial charge on any atom is -0.399 e. The molecule has 1 aliphatic heterocycles. The van der Waals surface area contributed by atoms with Gasteiger partial charge >= 0.3 is 7.12 Å². The third-order valence-corrected chi connectivity index (χ3v) is 4.96. The Kier molecular flexibility index (Phi) is 4.93. The van der Waals surface area contributed by atoms with Crippen LogP contribution in [-0.2, 0) is 9.31 Å². The fourth-order valence-corrected chi connectivity index (χ4v) is 2.46. The Balaban J connectivity index is 2.38. The Morgan fingerprint density at radius 1 is 1.13 bits per heavy atom. The van der Waals surface area contributed by atoms with Gasteiger partial charge in [-0.05, 0) is 71.1 Å². The molecule has 1 aliphatic rings. The van der Waals surface area contributed by atoms with Crippen molar-refractivity contribution >= 4 is 24.6 Å². The third kappa shape index (κ3) is 3.61. The van der Waals surface area contributed by atoms with E-state index in [4.69, 9.17) is 9.31 Å². The van der Waals surface area contributed by atoms with Gasteiger partial charge in [0.05, 0.1) is 23.2 Å². The summed E-state index contributed by atoms with van der Waals surface area (Å²) in [7, 11) is 1.67. The van der Waals surface area contributed by atoms with E-state index >= 15 is 0 Å². The van der Waals surface area contributed by atoms with E-state index in [1.165, 1.54) is 0 Å². The van der Waals surface area contributed by atoms with Gasteiger partial charge in [-0.1, -0.05) is 6.07 Å². The van der Waals surface area contributed by atoms with E-state index in [0.717, 1.165) is 28.8 Å². The van der Waals surface area contributed by atoms with E-state index in [2.05, 4.69) is 70.5 Å². The fraction of sp³-hybridized carbons (Fsp3) is 0.611. The lowest BCUT2D eigenvalue weighted by molar-refractivity contribution is 0.00578. The average molecular weight is 316 g/mol. The summed E-state index contributed by atoms with van der Waals surface area (Å²) in [5.74, 6) is 0. The van der Waals surface area contributed by atoms with Crippen LogP contribution in [0.2, 0.25) is 0 Å². The molecule has 0 spiro atoms. The molecule has 0 saturated carbocycles. The van der Waals surface area contributed by atoms with Gasteiger partial charge in [0.1, 0.15) is 0 Å². The molecule has 0 radical (unpaired) electrons. The van der Waals surface area contributed by atoms with E-state index < -0.39 is 0 Å². The standard InChI is InChI=1S/C18H29BN2O2/c1-9-21(8)12-20-16-11-13(2)10-15(14(16)3)19-22-17(4,5)18(6,7)23-19/h10-12H,9H2,1-8H3. The minimum absolute atomic E-state index is 0.334. The van der Waals surface area contributed by atoms with Crippen LogP contribution in [0.25, 0.3) is 0 Å². The summed E-state index contributed by atoms with van der Waals surface area (Å²) in [6.07, 6.45) is 1.87. The molecule has 1 heterocycles. The summed E-state index contributed by atoms with van der Waals surface area (Å²) in [4.78, 5) is 6.68. The van der Waals surface area contributed by atoms with Crippen LogP contribution in [0.1, 0.15) is 45.7 Å². The van der Waals surface area contributed by atoms with Gasteiger partial charge in [0.2, 0.25) is 0 Å². The Bertz CT molecular complexity index is 595. The van der Waals surface area contributed by atoms with Gasteiger partial charge in [0, 0.05) is 13.6 Å². The van der Waals surface area contributed by atoms with Crippen LogP contribution in [-0.4, -0.2) is 43.2 Å². The van der Waals surface area contributed by atoms with Crippen molar-refractivity contribution in [3.63, 3.8) is 0 Å². The molecule has 0 unspecified atom stereocenters. The second kappa shape index (κ2) is 6.29. The van der Waals surface area contributed by atoms with Crippen molar-refractivity contribution in [3.05, 3.63) is 23.3 Å². The van der Waals surface area contributed by atoms with Crippen molar-refractivity contribution < 1.29 is 9.31 Å². The molecular formula is C18H29BN2O2. The number of hydrogen-bond acceptors (Lipinski definition) is 3. The molecule has 1 saturated heterocycles. The zero-order valence-electron chi connectivity index (χ0n) is 15.7. The number of benzene rings is 1. The van der Waals surface area contributed by atoms with Crippen molar-refractivity contribution in [2.75, 3.05) is 13.6 Å². The largest absolute Gasteiger partial charge is 0.495 e. The number of nitrogens with zero attached hydrogens (tertiary/aromatic N) is 2. The normalized spacial score (nSPS) is 19.6. The van der Waals surface area contributed by atoms with Gasteiger partial charge in [-0.3, -0.25) is 0 Å². The topological polar surface area (TPSA) is 34.1 Å². The van der Waals surface area contributed by atoms with Crippen molar-refractivity contribution in [2.45, 2.75) is 59.7 Å². The first-order valence-electron chi connectivity index (χ1n) is 8.28. The maximum absolute atomic E-state index is 6.20. The van der Waals surface area contributed by atoms with E-state index in [0.29, 0.717) is 0 Å². The Hall–Kier alpha value is -1.33. The number of aryl methyl sites for hydroxylation is 1. The SMILES string of the molecule is CCN(C)C=Nc1cc(C)cc(B2OC(C)(C)C(C)(C)O2)c1C. The molecule has 0 amide bonds. The van der Waals surface area contributed by atoms with Gasteiger partial charge in [-0.25, -0.2) is 4.99 Å². The summed E-state index contributed by atoms with van der Waals surface area (Å²) < 4.78 is 12.4. The first-order chi connectivity index (χ1) is 10.6. The molecule has 1 aromatic rings. The molecule has 1 aromatic carbocycles. The van der Waals surface area contributed by atoms with Gasteiger partial charge in [-0.15, -0.1) is 0 Å². The molecule has 0 aliphatic carbocycles. The molecule has 1 fully saturated rings. The molecule has 4 nitrogen and oxygen atoms in total. The summed E-state index contributed by atoms with van der Waals surface area (Å²) in [6.45, 7) is 15.5. The lowest BCUT2D eigenvalue weighted by Crippen LogP contribution is -2.41. The predicted octanol–water partition coefficient (Wildman–Crippen LogP) is 3.21.